The van der Waals surface area contributed by atoms with Gasteiger partial charge in [-0.05, 0) is 37.6 Å². The number of halogens is 1. The molecule has 2 aromatic rings. The number of carbonyl (C=O) groups excluding carboxylic acids is 1. The van der Waals surface area contributed by atoms with E-state index in [4.69, 9.17) is 4.74 Å². The summed E-state index contributed by atoms with van der Waals surface area (Å²) in [5, 5.41) is 20.1. The molecule has 0 heterocycles. The van der Waals surface area contributed by atoms with Crippen molar-refractivity contribution < 1.29 is 24.1 Å². The number of methoxy groups -OCH3 is 1. The van der Waals surface area contributed by atoms with Crippen LogP contribution in [0.1, 0.15) is 27.0 Å². The first kappa shape index (κ1) is 16.5. The molecule has 0 radical (unpaired) electrons. The molecule has 0 atom stereocenters. The summed E-state index contributed by atoms with van der Waals surface area (Å²) in [5.74, 6) is -1.15. The molecule has 120 valence electrons. The van der Waals surface area contributed by atoms with E-state index in [0.29, 0.717) is 11.1 Å². The molecule has 2 rings (SSSR count). The Kier molecular flexibility index (Phi) is 4.69. The van der Waals surface area contributed by atoms with Crippen LogP contribution in [0.4, 0.5) is 4.39 Å². The fraction of sp³-hybridized carbons (Fsp3) is 0.167. The van der Waals surface area contributed by atoms with Gasteiger partial charge in [-0.3, -0.25) is 4.79 Å². The summed E-state index contributed by atoms with van der Waals surface area (Å²) in [4.78, 5) is 12.4. The van der Waals surface area contributed by atoms with Gasteiger partial charge in [-0.15, -0.1) is 0 Å². The summed E-state index contributed by atoms with van der Waals surface area (Å²) < 4.78 is 18.0. The van der Waals surface area contributed by atoms with Crippen LogP contribution < -0.4 is 4.74 Å². The van der Waals surface area contributed by atoms with Gasteiger partial charge in [0.2, 0.25) is 0 Å². The second-order valence-corrected chi connectivity index (χ2v) is 5.10. The van der Waals surface area contributed by atoms with Gasteiger partial charge in [0, 0.05) is 11.1 Å². The molecule has 0 aliphatic heterocycles. The predicted molar refractivity (Wildman–Crippen MR) is 85.6 cm³/mol. The number of benzene rings is 2. The van der Waals surface area contributed by atoms with Gasteiger partial charge in [-0.25, -0.2) is 4.39 Å². The van der Waals surface area contributed by atoms with E-state index in [1.54, 1.807) is 6.92 Å². The van der Waals surface area contributed by atoms with E-state index in [2.05, 4.69) is 0 Å². The first-order valence-corrected chi connectivity index (χ1v) is 6.93. The van der Waals surface area contributed by atoms with Crippen molar-refractivity contribution in [3.05, 3.63) is 58.4 Å². The zero-order chi connectivity index (χ0) is 17.1. The third kappa shape index (κ3) is 3.18. The molecule has 0 fully saturated rings. The van der Waals surface area contributed by atoms with Gasteiger partial charge in [-0.2, -0.15) is 0 Å². The number of allylic oxidation sites excluding steroid dienone is 1. The van der Waals surface area contributed by atoms with E-state index in [-0.39, 0.29) is 34.2 Å². The summed E-state index contributed by atoms with van der Waals surface area (Å²) >= 11 is 0. The van der Waals surface area contributed by atoms with Gasteiger partial charge in [0.25, 0.3) is 0 Å². The average Bonchev–Trinajstić information content (AvgIpc) is 2.55. The zero-order valence-corrected chi connectivity index (χ0v) is 13.1. The van der Waals surface area contributed by atoms with Gasteiger partial charge in [0.1, 0.15) is 28.6 Å². The molecule has 0 saturated heterocycles. The molecule has 0 unspecified atom stereocenters. The third-order valence-electron chi connectivity index (χ3n) is 3.62. The van der Waals surface area contributed by atoms with Crippen LogP contribution in [-0.2, 0) is 0 Å². The predicted octanol–water partition coefficient (Wildman–Crippen LogP) is 3.76. The smallest absolute Gasteiger partial charge is 0.193 e. The number of hydrogen-bond donors (Lipinski definition) is 2. The van der Waals surface area contributed by atoms with Crippen molar-refractivity contribution in [1.29, 1.82) is 0 Å². The number of ether oxygens (including phenoxy) is 1. The minimum Gasteiger partial charge on any atom is -0.507 e. The molecule has 0 amide bonds. The molecular formula is C18H17FO4. The molecule has 2 aromatic carbocycles. The molecular weight excluding hydrogens is 299 g/mol. The molecule has 0 bridgehead atoms. The highest BCUT2D eigenvalue weighted by atomic mass is 19.1. The Labute approximate surface area is 133 Å². The minimum absolute atomic E-state index is 0.0151. The highest BCUT2D eigenvalue weighted by Crippen LogP contribution is 2.41. The molecule has 0 saturated carbocycles. The summed E-state index contributed by atoms with van der Waals surface area (Å²) in [5.41, 5.74) is 1.22. The quantitative estimate of drug-likeness (QED) is 0.666. The van der Waals surface area contributed by atoms with Crippen LogP contribution in [0.15, 0.2) is 30.3 Å². The van der Waals surface area contributed by atoms with Gasteiger partial charge >= 0.3 is 0 Å². The fourth-order valence-electron chi connectivity index (χ4n) is 2.30. The first-order valence-electron chi connectivity index (χ1n) is 6.93. The maximum atomic E-state index is 12.9. The van der Waals surface area contributed by atoms with Crippen molar-refractivity contribution in [3.8, 4) is 17.2 Å². The van der Waals surface area contributed by atoms with Crippen molar-refractivity contribution in [2.45, 2.75) is 13.8 Å². The van der Waals surface area contributed by atoms with Crippen LogP contribution in [0.25, 0.3) is 6.08 Å². The number of carbonyl (C=O) groups is 1. The normalized spacial score (nSPS) is 11.0. The number of aromatic hydroxyl groups is 2. The van der Waals surface area contributed by atoms with E-state index < -0.39 is 5.78 Å². The molecule has 4 nitrogen and oxygen atoms in total. The zero-order valence-electron chi connectivity index (χ0n) is 13.1. The van der Waals surface area contributed by atoms with Crippen molar-refractivity contribution in [2.75, 3.05) is 7.11 Å². The van der Waals surface area contributed by atoms with Crippen LogP contribution in [0, 0.1) is 19.7 Å². The highest BCUT2D eigenvalue weighted by molar-refractivity contribution is 6.11. The first-order chi connectivity index (χ1) is 10.9. The van der Waals surface area contributed by atoms with Gasteiger partial charge in [-0.1, -0.05) is 18.2 Å². The molecule has 5 heteroatoms. The van der Waals surface area contributed by atoms with E-state index in [0.717, 1.165) is 0 Å². The van der Waals surface area contributed by atoms with Crippen LogP contribution in [-0.4, -0.2) is 23.1 Å². The molecule has 0 aliphatic carbocycles. The van der Waals surface area contributed by atoms with E-state index in [1.807, 2.05) is 0 Å². The third-order valence-corrected chi connectivity index (χ3v) is 3.62. The van der Waals surface area contributed by atoms with Crippen molar-refractivity contribution in [1.82, 2.24) is 0 Å². The molecule has 23 heavy (non-hydrogen) atoms. The molecule has 2 N–H and O–H groups in total. The number of rotatable bonds is 4. The Balaban J connectivity index is 2.45. The van der Waals surface area contributed by atoms with Crippen LogP contribution in [0.5, 0.6) is 17.2 Å². The Morgan fingerprint density at radius 3 is 2.26 bits per heavy atom. The summed E-state index contributed by atoms with van der Waals surface area (Å²) in [6.07, 6.45) is 2.78. The lowest BCUT2D eigenvalue weighted by atomic mass is 9.98. The Morgan fingerprint density at radius 1 is 1.09 bits per heavy atom. The van der Waals surface area contributed by atoms with E-state index in [1.165, 1.54) is 50.5 Å². The Hall–Kier alpha value is -2.82. The number of hydrogen-bond acceptors (Lipinski definition) is 4. The maximum absolute atomic E-state index is 12.9. The average molecular weight is 316 g/mol. The van der Waals surface area contributed by atoms with Crippen molar-refractivity contribution in [3.63, 3.8) is 0 Å². The summed E-state index contributed by atoms with van der Waals surface area (Å²) in [6, 6.07) is 5.64. The summed E-state index contributed by atoms with van der Waals surface area (Å²) in [6.45, 7) is 3.11. The monoisotopic (exact) mass is 316 g/mol. The Morgan fingerprint density at radius 2 is 1.70 bits per heavy atom. The largest absolute Gasteiger partial charge is 0.507 e. The maximum Gasteiger partial charge on any atom is 0.193 e. The molecule has 0 aliphatic rings. The highest BCUT2D eigenvalue weighted by Gasteiger charge is 2.23. The van der Waals surface area contributed by atoms with Crippen LogP contribution >= 0.6 is 0 Å². The lowest BCUT2D eigenvalue weighted by molar-refractivity contribution is 0.104. The fourth-order valence-corrected chi connectivity index (χ4v) is 2.30. The number of ketones is 1. The number of phenolic OH excluding ortho intramolecular Hbond substituents is 2. The second kappa shape index (κ2) is 6.52. The lowest BCUT2D eigenvalue weighted by Gasteiger charge is -2.15. The standard InChI is InChI=1S/C18H17FO4/c1-10-16(21)11(2)18(23-3)15(17(10)22)14(20)9-6-12-4-7-13(19)8-5-12/h4-9,21-22H,1-3H3. The van der Waals surface area contributed by atoms with Gasteiger partial charge in [0.15, 0.2) is 5.78 Å². The van der Waals surface area contributed by atoms with E-state index >= 15 is 0 Å². The summed E-state index contributed by atoms with van der Waals surface area (Å²) in [7, 11) is 1.36. The van der Waals surface area contributed by atoms with Gasteiger partial charge in [0.05, 0.1) is 7.11 Å². The van der Waals surface area contributed by atoms with Crippen LogP contribution in [0.3, 0.4) is 0 Å². The minimum atomic E-state index is -0.477. The molecule has 0 spiro atoms. The van der Waals surface area contributed by atoms with Crippen LogP contribution in [0.2, 0.25) is 0 Å². The van der Waals surface area contributed by atoms with Crippen molar-refractivity contribution >= 4 is 11.9 Å². The Bertz CT molecular complexity index is 777. The van der Waals surface area contributed by atoms with Gasteiger partial charge < -0.3 is 14.9 Å². The SMILES string of the molecule is COc1c(C)c(O)c(C)c(O)c1C(=O)C=Cc1ccc(F)cc1. The van der Waals surface area contributed by atoms with E-state index in [9.17, 15) is 19.4 Å². The number of phenols is 2. The molecule has 0 aromatic heterocycles. The second-order valence-electron chi connectivity index (χ2n) is 5.10. The van der Waals surface area contributed by atoms with Crippen molar-refractivity contribution in [2.24, 2.45) is 0 Å². The topological polar surface area (TPSA) is 66.8 Å². The lowest BCUT2D eigenvalue weighted by Crippen LogP contribution is -2.03.